The number of hydrogen-bond acceptors (Lipinski definition) is 13. The molecule has 0 saturated carbocycles. The molecule has 4 aromatic heterocycles. The van der Waals surface area contributed by atoms with E-state index in [0.29, 0.717) is 65.1 Å². The molecule has 4 heterocycles. The lowest BCUT2D eigenvalue weighted by atomic mass is 10.1. The van der Waals surface area contributed by atoms with Crippen LogP contribution in [0.1, 0.15) is 81.2 Å². The molecule has 1 atom stereocenters. The Morgan fingerprint density at radius 1 is 0.750 bits per heavy atom. The first-order chi connectivity index (χ1) is 28.9. The molecular weight excluding hydrogens is 777 g/mol. The van der Waals surface area contributed by atoms with Gasteiger partial charge in [-0.3, -0.25) is 29.1 Å². The summed E-state index contributed by atoms with van der Waals surface area (Å²) in [6, 6.07) is 9.49. The predicted octanol–water partition coefficient (Wildman–Crippen LogP) is 2.77. The average molecular weight is 827 g/mol. The molecule has 0 aliphatic rings. The van der Waals surface area contributed by atoms with Crippen molar-refractivity contribution in [1.29, 1.82) is 0 Å². The van der Waals surface area contributed by atoms with E-state index in [4.69, 9.17) is 30.9 Å². The van der Waals surface area contributed by atoms with Crippen LogP contribution >= 0.6 is 0 Å². The van der Waals surface area contributed by atoms with Crippen LogP contribution < -0.4 is 31.6 Å². The summed E-state index contributed by atoms with van der Waals surface area (Å²) in [5.41, 5.74) is 15.5. The first kappa shape index (κ1) is 42.8. The fourth-order valence-electron chi connectivity index (χ4n) is 6.75. The molecule has 0 aliphatic heterocycles. The van der Waals surface area contributed by atoms with E-state index >= 15 is 0 Å². The predicted molar refractivity (Wildman–Crippen MR) is 222 cm³/mol. The second-order valence-electron chi connectivity index (χ2n) is 13.8. The van der Waals surface area contributed by atoms with Gasteiger partial charge in [-0.05, 0) is 64.1 Å². The largest absolute Gasteiger partial charge is 0.491 e. The van der Waals surface area contributed by atoms with E-state index in [1.54, 1.807) is 37.6 Å². The highest BCUT2D eigenvalue weighted by atomic mass is 16.5. The van der Waals surface area contributed by atoms with E-state index in [1.807, 2.05) is 32.9 Å². The molecule has 0 spiro atoms. The summed E-state index contributed by atoms with van der Waals surface area (Å²) in [6.45, 7) is 8.67. The van der Waals surface area contributed by atoms with Crippen LogP contribution in [0.4, 0.5) is 11.9 Å². The summed E-state index contributed by atoms with van der Waals surface area (Å²) in [7, 11) is 0. The standard InChI is InChI=1S/C40H50N12O8/c1-5-51-29(17-23(3)47-51)37(57)45-39-43-27-19-25(35(41)55)21-31(59-15-9-13-53)33(27)49(39)11-7-8-12-50-34-28(20-26(36(42)56)22-32(34)60-16-10-14-54)44-40(50)46-38(58)30-18-24(4)48-52(30)6-2/h7-8,17-22,37,53-54,57H,5-6,9-16H2,1-4H3,(H2,41,55)(H2,42,56)(H,43,45)(H,44,46,58)/b8-7+. The van der Waals surface area contributed by atoms with E-state index in [9.17, 15) is 29.7 Å². The Morgan fingerprint density at radius 2 is 1.25 bits per heavy atom. The molecular formula is C40H50N12O8. The highest BCUT2D eigenvalue weighted by Gasteiger charge is 2.24. The molecule has 6 aromatic rings. The number of allylic oxidation sites excluding steroid dienone is 2. The summed E-state index contributed by atoms with van der Waals surface area (Å²) >= 11 is 0. The molecule has 1 unspecified atom stereocenters. The second-order valence-corrected chi connectivity index (χ2v) is 13.8. The molecule has 9 N–H and O–H groups in total. The maximum absolute atomic E-state index is 13.7. The minimum Gasteiger partial charge on any atom is -0.491 e. The van der Waals surface area contributed by atoms with E-state index in [2.05, 4.69) is 20.8 Å². The first-order valence-electron chi connectivity index (χ1n) is 19.5. The zero-order chi connectivity index (χ0) is 43.1. The zero-order valence-electron chi connectivity index (χ0n) is 33.9. The number of nitrogens with two attached hydrogens (primary N) is 2. The molecule has 318 valence electrons. The van der Waals surface area contributed by atoms with Gasteiger partial charge in [-0.1, -0.05) is 12.2 Å². The number of rotatable bonds is 21. The van der Waals surface area contributed by atoms with Crippen LogP contribution in [0.2, 0.25) is 0 Å². The SMILES string of the molecule is CCn1nc(C)cc1C(=O)Nc1nc2cc(C(N)=O)cc(OCCCO)c2n1C/C=C/Cn1c(NC(O)c2cc(C)nn2CC)nc2cc(C(N)=O)cc(OCCCO)c21. The maximum Gasteiger partial charge on any atom is 0.276 e. The Hall–Kier alpha value is -6.77. The number of benzene rings is 2. The van der Waals surface area contributed by atoms with Gasteiger partial charge in [-0.2, -0.15) is 10.2 Å². The normalized spacial score (nSPS) is 12.1. The highest BCUT2D eigenvalue weighted by molar-refractivity contribution is 6.04. The number of aliphatic hydroxyl groups is 3. The molecule has 0 aliphatic carbocycles. The lowest BCUT2D eigenvalue weighted by molar-refractivity contribution is 0.0991. The van der Waals surface area contributed by atoms with Gasteiger partial charge in [0.25, 0.3) is 5.91 Å². The Morgan fingerprint density at radius 3 is 1.77 bits per heavy atom. The molecule has 0 saturated heterocycles. The van der Waals surface area contributed by atoms with Gasteiger partial charge in [-0.15, -0.1) is 0 Å². The molecule has 0 bridgehead atoms. The summed E-state index contributed by atoms with van der Waals surface area (Å²) < 4.78 is 18.8. The molecule has 20 nitrogen and oxygen atoms in total. The van der Waals surface area contributed by atoms with Crippen molar-refractivity contribution >= 4 is 51.7 Å². The van der Waals surface area contributed by atoms with Crippen LogP contribution in [0, 0.1) is 13.8 Å². The number of fused-ring (bicyclic) bond motifs is 2. The topological polar surface area (TPSA) is 278 Å². The van der Waals surface area contributed by atoms with Crippen LogP contribution in [0.25, 0.3) is 22.1 Å². The molecule has 20 heteroatoms. The fraction of sp³-hybridized carbons (Fsp3) is 0.375. The smallest absolute Gasteiger partial charge is 0.276 e. The third-order valence-corrected chi connectivity index (χ3v) is 9.48. The van der Waals surface area contributed by atoms with Gasteiger partial charge in [0.2, 0.25) is 23.7 Å². The van der Waals surface area contributed by atoms with Crippen LogP contribution in [0.15, 0.2) is 48.6 Å². The van der Waals surface area contributed by atoms with E-state index < -0.39 is 23.9 Å². The van der Waals surface area contributed by atoms with E-state index in [0.717, 1.165) is 5.69 Å². The quantitative estimate of drug-likeness (QED) is 0.0313. The summed E-state index contributed by atoms with van der Waals surface area (Å²) in [5.74, 6) is -0.918. The van der Waals surface area contributed by atoms with Crippen LogP contribution in [0.5, 0.6) is 11.5 Å². The van der Waals surface area contributed by atoms with Gasteiger partial charge in [-0.25, -0.2) is 9.97 Å². The first-order valence-corrected chi connectivity index (χ1v) is 19.5. The zero-order valence-corrected chi connectivity index (χ0v) is 33.9. The van der Waals surface area contributed by atoms with Crippen LogP contribution in [-0.2, 0) is 26.2 Å². The molecule has 6 rings (SSSR count). The number of aliphatic hydroxyl groups excluding tert-OH is 3. The van der Waals surface area contributed by atoms with Crippen molar-refractivity contribution in [2.45, 2.75) is 72.9 Å². The number of amides is 3. The number of carbonyl (C=O) groups excluding carboxylic acids is 3. The van der Waals surface area contributed by atoms with Crippen molar-refractivity contribution < 1.29 is 39.2 Å². The number of ether oxygens (including phenoxy) is 2. The van der Waals surface area contributed by atoms with Gasteiger partial charge in [0, 0.05) is 63.4 Å². The van der Waals surface area contributed by atoms with Crippen molar-refractivity contribution in [3.63, 3.8) is 0 Å². The van der Waals surface area contributed by atoms with Crippen LogP contribution in [-0.4, -0.2) is 98.1 Å². The minimum absolute atomic E-state index is 0.116. The van der Waals surface area contributed by atoms with E-state index in [1.165, 1.54) is 24.3 Å². The van der Waals surface area contributed by atoms with Crippen molar-refractivity contribution in [2.24, 2.45) is 11.5 Å². The lowest BCUT2D eigenvalue weighted by Crippen LogP contribution is -2.20. The number of imidazole rings is 2. The minimum atomic E-state index is -1.23. The molecule has 0 radical (unpaired) electrons. The third kappa shape index (κ3) is 9.25. The van der Waals surface area contributed by atoms with E-state index in [-0.39, 0.29) is 74.0 Å². The molecule has 2 aromatic carbocycles. The molecule has 0 fully saturated rings. The second kappa shape index (κ2) is 18.9. The Balaban J connectivity index is 1.43. The number of anilines is 2. The lowest BCUT2D eigenvalue weighted by Gasteiger charge is -2.17. The maximum atomic E-state index is 13.7. The van der Waals surface area contributed by atoms with Gasteiger partial charge in [0.05, 0.1) is 41.3 Å². The highest BCUT2D eigenvalue weighted by Crippen LogP contribution is 2.34. The molecule has 3 amide bonds. The number of carbonyl (C=O) groups is 3. The fourth-order valence-corrected chi connectivity index (χ4v) is 6.75. The van der Waals surface area contributed by atoms with Crippen molar-refractivity contribution in [2.75, 3.05) is 37.1 Å². The Bertz CT molecular complexity index is 2550. The van der Waals surface area contributed by atoms with Gasteiger partial charge >= 0.3 is 0 Å². The third-order valence-electron chi connectivity index (χ3n) is 9.48. The van der Waals surface area contributed by atoms with Crippen molar-refractivity contribution in [3.05, 3.63) is 82.5 Å². The number of nitrogens with zero attached hydrogens (tertiary/aromatic N) is 8. The average Bonchev–Trinajstić information content (AvgIpc) is 3.98. The molecule has 60 heavy (non-hydrogen) atoms. The van der Waals surface area contributed by atoms with Crippen molar-refractivity contribution in [1.82, 2.24) is 38.7 Å². The number of aryl methyl sites for hydroxylation is 4. The number of aromatic nitrogens is 8. The number of nitrogens with one attached hydrogen (secondary N) is 2. The monoisotopic (exact) mass is 826 g/mol. The van der Waals surface area contributed by atoms with Crippen LogP contribution in [0.3, 0.4) is 0 Å². The number of hydrogen-bond donors (Lipinski definition) is 7. The van der Waals surface area contributed by atoms with Gasteiger partial charge in [0.1, 0.15) is 28.2 Å². The van der Waals surface area contributed by atoms with Gasteiger partial charge < -0.3 is 50.7 Å². The Labute approximate surface area is 344 Å². The van der Waals surface area contributed by atoms with Gasteiger partial charge in [0.15, 0.2) is 6.23 Å². The number of primary amides is 2. The summed E-state index contributed by atoms with van der Waals surface area (Å²) in [4.78, 5) is 47.9. The van der Waals surface area contributed by atoms with Crippen molar-refractivity contribution in [3.8, 4) is 11.5 Å². The summed E-state index contributed by atoms with van der Waals surface area (Å²) in [6.07, 6.45) is 3.06. The summed E-state index contributed by atoms with van der Waals surface area (Å²) in [5, 5.41) is 45.2. The Kier molecular flexibility index (Phi) is 13.5.